The lowest BCUT2D eigenvalue weighted by molar-refractivity contribution is -0.119. The molecule has 0 saturated carbocycles. The minimum atomic E-state index is -2.88. The van der Waals surface area contributed by atoms with Crippen molar-refractivity contribution in [2.24, 2.45) is 0 Å². The molecule has 0 amide bonds. The molecule has 6 nitrogen and oxygen atoms in total. The van der Waals surface area contributed by atoms with Crippen molar-refractivity contribution in [3.63, 3.8) is 0 Å². The minimum Gasteiger partial charge on any atom is -0.294 e. The van der Waals surface area contributed by atoms with E-state index in [1.807, 2.05) is 0 Å². The van der Waals surface area contributed by atoms with Gasteiger partial charge >= 0.3 is 0 Å². The summed E-state index contributed by atoms with van der Waals surface area (Å²) in [6.07, 6.45) is 0. The Hall–Kier alpha value is -1.02. The summed E-state index contributed by atoms with van der Waals surface area (Å²) in [6, 6.07) is 0. The molecule has 8 heteroatoms. The fourth-order valence-corrected chi connectivity index (χ4v) is 2.61. The van der Waals surface area contributed by atoms with E-state index in [1.54, 1.807) is 0 Å². The van der Waals surface area contributed by atoms with Gasteiger partial charge in [-0.1, -0.05) is 0 Å². The molecule has 0 unspecified atom stereocenters. The van der Waals surface area contributed by atoms with Gasteiger partial charge in [-0.25, -0.2) is 16.8 Å². The van der Waals surface area contributed by atoms with Gasteiger partial charge in [-0.15, -0.1) is 0 Å². The number of Topliss-reactive ketones (excluding diaryl/α,β-unsaturated/α-hetero) is 2. The predicted molar refractivity (Wildman–Crippen MR) is 58.8 cm³/mol. The highest BCUT2D eigenvalue weighted by Gasteiger charge is 2.17. The van der Waals surface area contributed by atoms with Gasteiger partial charge in [0.05, 0.1) is 17.1 Å². The summed E-state index contributed by atoms with van der Waals surface area (Å²) in [4.78, 5) is 22.2. The fraction of sp³-hybridized carbons (Fsp3) is 0.500. The van der Waals surface area contributed by atoms with Crippen LogP contribution < -0.4 is 0 Å². The van der Waals surface area contributed by atoms with Crippen molar-refractivity contribution in [1.29, 1.82) is 0 Å². The third kappa shape index (κ3) is 5.17. The molecule has 0 rings (SSSR count). The summed E-state index contributed by atoms with van der Waals surface area (Å²) < 4.78 is 42.1. The van der Waals surface area contributed by atoms with Crippen molar-refractivity contribution in [2.45, 2.75) is 13.8 Å². The number of ketones is 2. The lowest BCUT2D eigenvalue weighted by Crippen LogP contribution is -2.15. The zero-order chi connectivity index (χ0) is 12.9. The molecule has 0 N–H and O–H groups in total. The minimum absolute atomic E-state index is 0.160. The van der Waals surface area contributed by atoms with Gasteiger partial charge in [-0.3, -0.25) is 9.59 Å². The number of allylic oxidation sites excluding steroid dienone is 1. The quantitative estimate of drug-likeness (QED) is 0.268. The summed E-state index contributed by atoms with van der Waals surface area (Å²) >= 11 is 0. The Morgan fingerprint density at radius 2 is 1.12 bits per heavy atom. The number of hydrogen-bond donors (Lipinski definition) is 2. The molecule has 0 atom stereocenters. The highest BCUT2D eigenvalue weighted by Crippen LogP contribution is 2.08. The first-order valence-electron chi connectivity index (χ1n) is 4.23. The second kappa shape index (κ2) is 6.54. The molecule has 0 aromatic heterocycles. The van der Waals surface area contributed by atoms with Gasteiger partial charge in [-0.2, -0.15) is 0 Å². The van der Waals surface area contributed by atoms with Crippen LogP contribution in [0.2, 0.25) is 0 Å². The standard InChI is InChI=1S/C8H12O6S2/c1-5(9)8(6(2)10)7(3-15(11)12)4-16(13)14/h15-16H,3-4H2,1-2H3. The first kappa shape index (κ1) is 15.0. The van der Waals surface area contributed by atoms with Gasteiger partial charge in [0.1, 0.15) is 21.4 Å². The largest absolute Gasteiger partial charge is 0.294 e. The van der Waals surface area contributed by atoms with Crippen LogP contribution in [0.4, 0.5) is 0 Å². The zero-order valence-electron chi connectivity index (χ0n) is 8.76. The molecular formula is C8H12O6S2. The van der Waals surface area contributed by atoms with Crippen molar-refractivity contribution in [3.05, 3.63) is 11.1 Å². The van der Waals surface area contributed by atoms with Crippen molar-refractivity contribution in [2.75, 3.05) is 11.5 Å². The third-order valence-electron chi connectivity index (χ3n) is 1.70. The van der Waals surface area contributed by atoms with Crippen LogP contribution in [-0.4, -0.2) is 39.9 Å². The molecule has 0 saturated heterocycles. The lowest BCUT2D eigenvalue weighted by atomic mass is 10.0. The highest BCUT2D eigenvalue weighted by atomic mass is 32.2. The van der Waals surface area contributed by atoms with Crippen molar-refractivity contribution >= 4 is 33.0 Å². The number of carbonyl (C=O) groups is 2. The molecule has 92 valence electrons. The van der Waals surface area contributed by atoms with Crippen molar-refractivity contribution in [1.82, 2.24) is 0 Å². The summed E-state index contributed by atoms with van der Waals surface area (Å²) in [6.45, 7) is 2.18. The molecule has 0 fully saturated rings. The topological polar surface area (TPSA) is 102 Å². The van der Waals surface area contributed by atoms with Crippen molar-refractivity contribution in [3.8, 4) is 0 Å². The molecule has 0 aliphatic rings. The Kier molecular flexibility index (Phi) is 6.12. The van der Waals surface area contributed by atoms with Gasteiger partial charge in [0, 0.05) is 0 Å². The number of carbonyl (C=O) groups excluding carboxylic acids is 2. The van der Waals surface area contributed by atoms with Crippen LogP contribution in [0.15, 0.2) is 11.1 Å². The van der Waals surface area contributed by atoms with Gasteiger partial charge in [0.25, 0.3) is 0 Å². The fourth-order valence-electron chi connectivity index (χ4n) is 1.27. The Morgan fingerprint density at radius 1 is 0.812 bits per heavy atom. The van der Waals surface area contributed by atoms with Gasteiger partial charge < -0.3 is 0 Å². The molecule has 0 aliphatic heterocycles. The summed E-state index contributed by atoms with van der Waals surface area (Å²) in [5, 5.41) is 0. The van der Waals surface area contributed by atoms with E-state index in [0.717, 1.165) is 13.8 Å². The molecule has 0 bridgehead atoms. The van der Waals surface area contributed by atoms with Gasteiger partial charge in [-0.05, 0) is 19.4 Å². The third-order valence-corrected chi connectivity index (χ3v) is 2.98. The van der Waals surface area contributed by atoms with Crippen LogP contribution in [0.3, 0.4) is 0 Å². The average Bonchev–Trinajstić information content (AvgIpc) is 1.98. The van der Waals surface area contributed by atoms with E-state index >= 15 is 0 Å². The molecule has 0 aromatic rings. The molecular weight excluding hydrogens is 256 g/mol. The van der Waals surface area contributed by atoms with E-state index in [4.69, 9.17) is 0 Å². The maximum atomic E-state index is 11.1. The maximum Gasteiger partial charge on any atom is 0.163 e. The first-order chi connectivity index (χ1) is 7.25. The van der Waals surface area contributed by atoms with E-state index in [1.165, 1.54) is 0 Å². The number of rotatable bonds is 6. The van der Waals surface area contributed by atoms with E-state index in [0.29, 0.717) is 0 Å². The predicted octanol–water partition coefficient (Wildman–Crippen LogP) is -1.32. The lowest BCUT2D eigenvalue weighted by Gasteiger charge is -2.05. The average molecular weight is 268 g/mol. The van der Waals surface area contributed by atoms with Crippen LogP contribution in [-0.2, 0) is 31.0 Å². The first-order valence-corrected chi connectivity index (χ1v) is 6.95. The summed E-state index contributed by atoms with van der Waals surface area (Å²) in [7, 11) is -5.76. The molecule has 0 aromatic carbocycles. The van der Waals surface area contributed by atoms with Crippen LogP contribution in [0.1, 0.15) is 13.8 Å². The Labute approximate surface area is 96.2 Å². The molecule has 16 heavy (non-hydrogen) atoms. The number of thiol groups is 2. The van der Waals surface area contributed by atoms with E-state index < -0.39 is 44.5 Å². The second-order valence-corrected chi connectivity index (χ2v) is 5.04. The molecule has 0 radical (unpaired) electrons. The molecule has 0 aliphatic carbocycles. The van der Waals surface area contributed by atoms with E-state index in [2.05, 4.69) is 0 Å². The van der Waals surface area contributed by atoms with Gasteiger partial charge in [0.15, 0.2) is 11.6 Å². The smallest absolute Gasteiger partial charge is 0.163 e. The summed E-state index contributed by atoms with van der Waals surface area (Å²) in [5.74, 6) is -2.44. The number of hydrogen-bond acceptors (Lipinski definition) is 6. The highest BCUT2D eigenvalue weighted by molar-refractivity contribution is 7.73. The van der Waals surface area contributed by atoms with Crippen LogP contribution in [0, 0.1) is 0 Å². The Bertz CT molecular complexity index is 423. The normalized spacial score (nSPS) is 10.5. The molecule has 0 heterocycles. The van der Waals surface area contributed by atoms with E-state index in [-0.39, 0.29) is 11.1 Å². The van der Waals surface area contributed by atoms with E-state index in [9.17, 15) is 26.4 Å². The Morgan fingerprint density at radius 3 is 1.31 bits per heavy atom. The van der Waals surface area contributed by atoms with Crippen LogP contribution in [0.5, 0.6) is 0 Å². The van der Waals surface area contributed by atoms with Crippen LogP contribution in [0.25, 0.3) is 0 Å². The monoisotopic (exact) mass is 268 g/mol. The second-order valence-electron chi connectivity index (χ2n) is 3.07. The maximum absolute atomic E-state index is 11.1. The summed E-state index contributed by atoms with van der Waals surface area (Å²) in [5.41, 5.74) is -0.495. The van der Waals surface area contributed by atoms with Gasteiger partial charge in [0.2, 0.25) is 0 Å². The zero-order valence-corrected chi connectivity index (χ0v) is 10.5. The molecule has 0 spiro atoms. The SMILES string of the molecule is CC(=O)C(C(C)=O)=C(C[SH](=O)=O)C[SH](=O)=O. The van der Waals surface area contributed by atoms with Crippen molar-refractivity contribution < 1.29 is 26.4 Å². The van der Waals surface area contributed by atoms with Crippen LogP contribution >= 0.6 is 0 Å². The Balaban J connectivity index is 5.61.